The first kappa shape index (κ1) is 16.4. The van der Waals surface area contributed by atoms with Crippen LogP contribution in [0.1, 0.15) is 27.7 Å². The van der Waals surface area contributed by atoms with Gasteiger partial charge in [0.25, 0.3) is 0 Å². The molecular weight excluding hydrogens is 220 g/mol. The van der Waals surface area contributed by atoms with Crippen molar-refractivity contribution in [3.8, 4) is 0 Å². The maximum absolute atomic E-state index is 11.7. The van der Waals surface area contributed by atoms with Crippen LogP contribution in [0.4, 0.5) is 0 Å². The molecule has 0 unspecified atom stereocenters. The number of ether oxygens (including phenoxy) is 2. The molecule has 1 amide bonds. The summed E-state index contributed by atoms with van der Waals surface area (Å²) in [5.41, 5.74) is 5.40. The topological polar surface area (TPSA) is 64.8 Å². The van der Waals surface area contributed by atoms with Crippen LogP contribution in [0.2, 0.25) is 0 Å². The normalized spacial score (nSPS) is 11.2. The maximum Gasteiger partial charge on any atom is 0.236 e. The highest BCUT2D eigenvalue weighted by molar-refractivity contribution is 5.78. The molecule has 0 aliphatic rings. The zero-order valence-corrected chi connectivity index (χ0v) is 11.4. The predicted octanol–water partition coefficient (Wildman–Crippen LogP) is 0.829. The highest BCUT2D eigenvalue weighted by atomic mass is 16.7. The average molecular weight is 246 g/mol. The summed E-state index contributed by atoms with van der Waals surface area (Å²) in [6.07, 6.45) is -0.362. The summed E-state index contributed by atoms with van der Waals surface area (Å²) >= 11 is 0. The molecular formula is C12H26N2O3. The summed E-state index contributed by atoms with van der Waals surface area (Å²) in [5, 5.41) is 0. The highest BCUT2D eigenvalue weighted by Crippen LogP contribution is 2.04. The monoisotopic (exact) mass is 246 g/mol. The largest absolute Gasteiger partial charge is 0.351 e. The fourth-order valence-corrected chi connectivity index (χ4v) is 1.55. The average Bonchev–Trinajstić information content (AvgIpc) is 2.27. The first-order valence-electron chi connectivity index (χ1n) is 6.26. The van der Waals surface area contributed by atoms with Crippen molar-refractivity contribution < 1.29 is 14.3 Å². The second-order valence-electron chi connectivity index (χ2n) is 4.24. The van der Waals surface area contributed by atoms with Crippen molar-refractivity contribution in [3.63, 3.8) is 0 Å². The molecule has 0 aliphatic carbocycles. The molecule has 5 heteroatoms. The number of nitrogens with zero attached hydrogens (tertiary/aromatic N) is 1. The van der Waals surface area contributed by atoms with Gasteiger partial charge in [-0.3, -0.25) is 4.79 Å². The third kappa shape index (κ3) is 7.31. The van der Waals surface area contributed by atoms with E-state index in [0.717, 1.165) is 0 Å². The predicted molar refractivity (Wildman–Crippen MR) is 67.5 cm³/mol. The van der Waals surface area contributed by atoms with E-state index in [2.05, 4.69) is 13.8 Å². The Hall–Kier alpha value is -0.650. The van der Waals surface area contributed by atoms with Crippen molar-refractivity contribution in [1.29, 1.82) is 0 Å². The molecule has 2 N–H and O–H groups in total. The van der Waals surface area contributed by atoms with Gasteiger partial charge in [-0.25, -0.2) is 0 Å². The minimum absolute atomic E-state index is 0.0255. The number of nitrogens with two attached hydrogens (primary N) is 1. The van der Waals surface area contributed by atoms with Crippen molar-refractivity contribution >= 4 is 5.91 Å². The van der Waals surface area contributed by atoms with Gasteiger partial charge in [0.05, 0.1) is 13.1 Å². The van der Waals surface area contributed by atoms with Gasteiger partial charge in [-0.15, -0.1) is 0 Å². The highest BCUT2D eigenvalue weighted by Gasteiger charge is 2.19. The Morgan fingerprint density at radius 1 is 1.18 bits per heavy atom. The number of carbonyl (C=O) groups excluding carboxylic acids is 1. The van der Waals surface area contributed by atoms with Gasteiger partial charge in [-0.05, 0) is 19.8 Å². The Morgan fingerprint density at radius 2 is 1.71 bits per heavy atom. The zero-order chi connectivity index (χ0) is 13.3. The molecule has 102 valence electrons. The van der Waals surface area contributed by atoms with E-state index in [1.54, 1.807) is 4.90 Å². The lowest BCUT2D eigenvalue weighted by atomic mass is 10.2. The van der Waals surface area contributed by atoms with E-state index in [4.69, 9.17) is 15.2 Å². The zero-order valence-electron chi connectivity index (χ0n) is 11.4. The number of hydrogen-bond acceptors (Lipinski definition) is 4. The van der Waals surface area contributed by atoms with Crippen molar-refractivity contribution in [2.75, 3.05) is 32.8 Å². The van der Waals surface area contributed by atoms with Crippen LogP contribution in [-0.2, 0) is 14.3 Å². The second kappa shape index (κ2) is 9.39. The molecule has 0 aromatic carbocycles. The van der Waals surface area contributed by atoms with Gasteiger partial charge in [0.2, 0.25) is 5.91 Å². The number of carbonyl (C=O) groups is 1. The van der Waals surface area contributed by atoms with Gasteiger partial charge < -0.3 is 20.1 Å². The Labute approximate surface area is 104 Å². The lowest BCUT2D eigenvalue weighted by molar-refractivity contribution is -0.158. The Morgan fingerprint density at radius 3 is 2.06 bits per heavy atom. The first-order chi connectivity index (χ1) is 8.04. The molecule has 0 saturated carbocycles. The minimum Gasteiger partial charge on any atom is -0.351 e. The van der Waals surface area contributed by atoms with Crippen LogP contribution in [0.5, 0.6) is 0 Å². The summed E-state index contributed by atoms with van der Waals surface area (Å²) in [4.78, 5) is 13.4. The molecule has 0 atom stereocenters. The van der Waals surface area contributed by atoms with Crippen LogP contribution in [0, 0.1) is 5.92 Å². The lowest BCUT2D eigenvalue weighted by Gasteiger charge is -2.28. The van der Waals surface area contributed by atoms with Gasteiger partial charge in [0.15, 0.2) is 6.29 Å². The third-order valence-electron chi connectivity index (χ3n) is 2.19. The number of hydrogen-bond donors (Lipinski definition) is 1. The summed E-state index contributed by atoms with van der Waals surface area (Å²) in [7, 11) is 0. The van der Waals surface area contributed by atoms with Crippen LogP contribution in [0.3, 0.4) is 0 Å². The van der Waals surface area contributed by atoms with Crippen molar-refractivity contribution in [2.45, 2.75) is 34.0 Å². The number of rotatable bonds is 9. The van der Waals surface area contributed by atoms with Gasteiger partial charge in [-0.2, -0.15) is 0 Å². The Kier molecular flexibility index (Phi) is 9.03. The summed E-state index contributed by atoms with van der Waals surface area (Å²) in [5.74, 6) is 0.331. The molecule has 0 bridgehead atoms. The maximum atomic E-state index is 11.7. The van der Waals surface area contributed by atoms with Crippen LogP contribution in [0.25, 0.3) is 0 Å². The quantitative estimate of drug-likeness (QED) is 0.612. The SMILES string of the molecule is CCOC(CN(CC(C)C)C(=O)CN)OCC. The van der Waals surface area contributed by atoms with E-state index < -0.39 is 0 Å². The fourth-order valence-electron chi connectivity index (χ4n) is 1.55. The van der Waals surface area contributed by atoms with Crippen LogP contribution in [0.15, 0.2) is 0 Å². The van der Waals surface area contributed by atoms with E-state index in [0.29, 0.717) is 32.2 Å². The molecule has 0 aliphatic heterocycles. The van der Waals surface area contributed by atoms with E-state index in [1.807, 2.05) is 13.8 Å². The summed E-state index contributed by atoms with van der Waals surface area (Å²) in [6.45, 7) is 10.2. The van der Waals surface area contributed by atoms with Gasteiger partial charge >= 0.3 is 0 Å². The van der Waals surface area contributed by atoms with E-state index >= 15 is 0 Å². The van der Waals surface area contributed by atoms with Gasteiger partial charge in [0, 0.05) is 19.8 Å². The smallest absolute Gasteiger partial charge is 0.236 e. The molecule has 0 saturated heterocycles. The van der Waals surface area contributed by atoms with Gasteiger partial charge in [0.1, 0.15) is 0 Å². The molecule has 0 spiro atoms. The Bertz CT molecular complexity index is 204. The lowest BCUT2D eigenvalue weighted by Crippen LogP contribution is -2.44. The molecule has 0 aromatic rings. The molecule has 0 fully saturated rings. The second-order valence-corrected chi connectivity index (χ2v) is 4.24. The molecule has 0 radical (unpaired) electrons. The summed E-state index contributed by atoms with van der Waals surface area (Å²) in [6, 6.07) is 0. The van der Waals surface area contributed by atoms with Crippen molar-refractivity contribution in [2.24, 2.45) is 11.7 Å². The van der Waals surface area contributed by atoms with Crippen molar-refractivity contribution in [3.05, 3.63) is 0 Å². The van der Waals surface area contributed by atoms with Crippen LogP contribution < -0.4 is 5.73 Å². The molecule has 0 aromatic heterocycles. The first-order valence-corrected chi connectivity index (χ1v) is 6.26. The van der Waals surface area contributed by atoms with E-state index in [9.17, 15) is 4.79 Å². The third-order valence-corrected chi connectivity index (χ3v) is 2.19. The van der Waals surface area contributed by atoms with E-state index in [1.165, 1.54) is 0 Å². The molecule has 5 nitrogen and oxygen atoms in total. The molecule has 0 heterocycles. The number of amides is 1. The van der Waals surface area contributed by atoms with Crippen LogP contribution in [-0.4, -0.2) is 49.9 Å². The standard InChI is InChI=1S/C12H26N2O3/c1-5-16-12(17-6-2)9-14(8-10(3)4)11(15)7-13/h10,12H,5-9,13H2,1-4H3. The fraction of sp³-hybridized carbons (Fsp3) is 0.917. The Balaban J connectivity index is 4.40. The molecule has 17 heavy (non-hydrogen) atoms. The van der Waals surface area contributed by atoms with Gasteiger partial charge in [-0.1, -0.05) is 13.8 Å². The van der Waals surface area contributed by atoms with Crippen molar-refractivity contribution in [1.82, 2.24) is 4.90 Å². The van der Waals surface area contributed by atoms with E-state index in [-0.39, 0.29) is 18.7 Å². The summed E-state index contributed by atoms with van der Waals surface area (Å²) < 4.78 is 10.9. The van der Waals surface area contributed by atoms with Crippen LogP contribution >= 0.6 is 0 Å². The minimum atomic E-state index is -0.362. The molecule has 0 rings (SSSR count).